The van der Waals surface area contributed by atoms with Crippen LogP contribution in [0.5, 0.6) is 0 Å². The Balaban J connectivity index is 0.000000118. The average Bonchev–Trinajstić information content (AvgIpc) is 1.51. The normalized spacial score (nSPS) is 11.0. The average molecular weight is 1270 g/mol. The Morgan fingerprint density at radius 3 is 0.969 bits per heavy atom. The molecule has 0 spiro atoms. The number of hydrogen-bond acceptors (Lipinski definition) is 3. The van der Waals surface area contributed by atoms with Crippen molar-refractivity contribution in [2.75, 3.05) is 0 Å². The number of para-hydroxylation sites is 4. The third-order valence-corrected chi connectivity index (χ3v) is 18.6. The maximum Gasteiger partial charge on any atom is 0.216 e. The Bertz CT molecular complexity index is 5080. The largest absolute Gasteiger partial charge is 0.348 e. The Labute approximate surface area is 563 Å². The monoisotopic (exact) mass is 1270 g/mol. The fraction of sp³-hybridized carbons (Fsp3) is 0.222. The van der Waals surface area contributed by atoms with E-state index in [9.17, 15) is 0 Å². The van der Waals surface area contributed by atoms with E-state index in [2.05, 4.69) is 324 Å². The first-order valence-electron chi connectivity index (χ1n) is 32.6. The highest BCUT2D eigenvalue weighted by molar-refractivity contribution is 5.81. The highest BCUT2D eigenvalue weighted by atomic mass is 15.1. The number of rotatable bonds is 4. The number of imidazole rings is 3. The van der Waals surface area contributed by atoms with Gasteiger partial charge in [0.1, 0.15) is 31.6 Å². The van der Waals surface area contributed by atoms with Gasteiger partial charge in [0, 0.05) is 142 Å². The van der Waals surface area contributed by atoms with Crippen molar-refractivity contribution in [3.63, 3.8) is 0 Å². The van der Waals surface area contributed by atoms with Gasteiger partial charge in [0.05, 0.1) is 49.3 Å². The molecule has 96 heavy (non-hydrogen) atoms. The van der Waals surface area contributed by atoms with Crippen LogP contribution >= 0.6 is 0 Å². The molecule has 16 aromatic rings. The zero-order chi connectivity index (χ0) is 68.2. The fourth-order valence-corrected chi connectivity index (χ4v) is 12.5. The third-order valence-electron chi connectivity index (χ3n) is 18.6. The molecule has 4 aromatic carbocycles. The Morgan fingerprint density at radius 1 is 0.271 bits per heavy atom. The van der Waals surface area contributed by atoms with Crippen molar-refractivity contribution in [2.24, 2.45) is 56.4 Å². The molecule has 0 aliphatic carbocycles. The lowest BCUT2D eigenvalue weighted by atomic mass is 10.1. The molecule has 0 aliphatic rings. The Kier molecular flexibility index (Phi) is 19.5. The summed E-state index contributed by atoms with van der Waals surface area (Å²) in [7, 11) is 16.5. The lowest BCUT2D eigenvalue weighted by Gasteiger charge is -2.04. The quantitative estimate of drug-likeness (QED) is 0.164. The molecule has 16 rings (SSSR count). The van der Waals surface area contributed by atoms with Crippen molar-refractivity contribution in [2.45, 2.75) is 69.2 Å². The summed E-state index contributed by atoms with van der Waals surface area (Å²) < 4.78 is 25.7. The molecule has 0 amide bonds. The fourth-order valence-electron chi connectivity index (χ4n) is 12.5. The molecule has 15 heteroatoms. The van der Waals surface area contributed by atoms with Crippen LogP contribution < -0.4 is 27.4 Å². The highest BCUT2D eigenvalue weighted by Gasteiger charge is 2.19. The van der Waals surface area contributed by atoms with Gasteiger partial charge in [-0.1, -0.05) is 72.8 Å². The molecule has 12 aromatic heterocycles. The van der Waals surface area contributed by atoms with Crippen molar-refractivity contribution in [3.05, 3.63) is 283 Å². The topological polar surface area (TPSA) is 91.5 Å². The smallest absolute Gasteiger partial charge is 0.216 e. The minimum absolute atomic E-state index is 1.02. The van der Waals surface area contributed by atoms with E-state index in [1.807, 2.05) is 97.2 Å². The minimum atomic E-state index is 1.02. The molecule has 12 heterocycles. The maximum atomic E-state index is 4.60. The third kappa shape index (κ3) is 14.0. The van der Waals surface area contributed by atoms with E-state index in [4.69, 9.17) is 0 Å². The van der Waals surface area contributed by atoms with Crippen LogP contribution in [0.25, 0.3) is 88.6 Å². The van der Waals surface area contributed by atoms with Gasteiger partial charge in [0.15, 0.2) is 78.5 Å². The summed E-state index contributed by atoms with van der Waals surface area (Å²) in [6.07, 6.45) is 25.3. The molecule has 0 unspecified atom stereocenters. The van der Waals surface area contributed by atoms with Crippen molar-refractivity contribution in [1.82, 2.24) is 42.4 Å². The SMILES string of the molecule is Cc1cc2c[n+](-c3ccccc3)ccc2n1C.Cc1cc2c[n+](C)ccc2n1C.Cc1cccc(C)c1-[n+]1ccc2c(c1)nc(C)n2C.Cc1cccc(C)c1-[n+]1ccc2c(cc(C)n2C)c1.Cc1nc2c[n+](-c3ccccc3)ccc2n1C.Cc1nc2c[n+](C)ccc2n1C. The Hall–Kier alpha value is -11.2. The molecule has 0 saturated carbocycles. The van der Waals surface area contributed by atoms with Crippen LogP contribution in [0.4, 0.5) is 0 Å². The summed E-state index contributed by atoms with van der Waals surface area (Å²) >= 11 is 0. The van der Waals surface area contributed by atoms with Gasteiger partial charge in [-0.2, -0.15) is 18.3 Å². The second-order valence-corrected chi connectivity index (χ2v) is 25.3. The minimum Gasteiger partial charge on any atom is -0.348 e. The number of aryl methyl sites for hydroxylation is 18. The summed E-state index contributed by atoms with van der Waals surface area (Å²) in [6.45, 7) is 21.1. The molecular formula is C81H91N15+6. The van der Waals surface area contributed by atoms with Crippen molar-refractivity contribution in [3.8, 4) is 22.7 Å². The summed E-state index contributed by atoms with van der Waals surface area (Å²) in [5.41, 5.74) is 24.4. The van der Waals surface area contributed by atoms with E-state index in [0.717, 1.165) is 45.2 Å². The van der Waals surface area contributed by atoms with Crippen molar-refractivity contribution >= 4 is 65.8 Å². The number of pyridine rings is 6. The van der Waals surface area contributed by atoms with E-state index < -0.39 is 0 Å². The van der Waals surface area contributed by atoms with Crippen LogP contribution in [-0.4, -0.2) is 42.4 Å². The van der Waals surface area contributed by atoms with Gasteiger partial charge in [-0.3, -0.25) is 0 Å². The van der Waals surface area contributed by atoms with E-state index >= 15 is 0 Å². The molecule has 0 saturated heterocycles. The first kappa shape index (κ1) is 66.3. The van der Waals surface area contributed by atoms with E-state index in [0.29, 0.717) is 0 Å². The van der Waals surface area contributed by atoms with Crippen molar-refractivity contribution < 1.29 is 27.4 Å². The van der Waals surface area contributed by atoms with E-state index in [1.165, 1.54) is 100 Å². The molecule has 0 aliphatic heterocycles. The van der Waals surface area contributed by atoms with Crippen LogP contribution in [0, 0.1) is 69.2 Å². The molecular weight excluding hydrogens is 1180 g/mol. The summed E-state index contributed by atoms with van der Waals surface area (Å²) in [5, 5.41) is 3.86. The van der Waals surface area contributed by atoms with Crippen LogP contribution in [0.1, 0.15) is 56.8 Å². The van der Waals surface area contributed by atoms with Crippen LogP contribution in [0.2, 0.25) is 0 Å². The lowest BCUT2D eigenvalue weighted by Crippen LogP contribution is -2.31. The standard InChI is InChI=1S/C17H19N2.C16H18N3.C15H15N2.C14H14N3.C10H13N2.C9H12N3/c1-12-6-5-7-13(2)17(12)19-9-8-16-15(11-19)10-14(3)18(16)4;1-11-6-5-7-12(2)16(11)19-9-8-15-14(10-19)17-13(3)18(15)4;1-12-10-13-11-17(9-8-15(13)16(12)2)14-6-4-3-5-7-14;1-11-15-13-10-17(9-8-14(13)16(11)2)12-6-4-3-5-7-12;1-8-6-9-7-11(2)5-4-10(9)12(8)3;1-7-10-8-6-11(2)5-4-9(8)12(7)3/h5-11H,1-4H3;5-10H,1-4H3;3-11H,1-2H3;3-10H,1-2H3;4-7H,1-3H3;4-6H,1-3H3/q6*+1. The summed E-state index contributed by atoms with van der Waals surface area (Å²) in [4.78, 5) is 13.6. The number of fused-ring (bicyclic) bond motifs is 6. The molecule has 0 fully saturated rings. The second kappa shape index (κ2) is 28.2. The van der Waals surface area contributed by atoms with E-state index in [1.54, 1.807) is 0 Å². The summed E-state index contributed by atoms with van der Waals surface area (Å²) in [5.74, 6) is 3.12. The van der Waals surface area contributed by atoms with Gasteiger partial charge in [0.25, 0.3) is 0 Å². The number of nitrogens with zero attached hydrogens (tertiary/aromatic N) is 15. The Morgan fingerprint density at radius 2 is 0.562 bits per heavy atom. The molecule has 0 atom stereocenters. The van der Waals surface area contributed by atoms with Crippen LogP contribution in [0.3, 0.4) is 0 Å². The van der Waals surface area contributed by atoms with Crippen LogP contribution in [0.15, 0.2) is 226 Å². The first-order chi connectivity index (χ1) is 46.0. The van der Waals surface area contributed by atoms with Gasteiger partial charge in [-0.15, -0.1) is 0 Å². The van der Waals surface area contributed by atoms with Gasteiger partial charge in [-0.25, -0.2) is 24.1 Å². The van der Waals surface area contributed by atoms with Crippen LogP contribution in [-0.2, 0) is 56.4 Å². The highest BCUT2D eigenvalue weighted by Crippen LogP contribution is 2.22. The first-order valence-corrected chi connectivity index (χ1v) is 32.6. The molecule has 0 bridgehead atoms. The van der Waals surface area contributed by atoms with Gasteiger partial charge in [0.2, 0.25) is 35.1 Å². The number of hydrogen-bond donors (Lipinski definition) is 0. The molecule has 0 radical (unpaired) electrons. The van der Waals surface area contributed by atoms with Gasteiger partial charge in [-0.05, 0) is 87.4 Å². The molecule has 0 N–H and O–H groups in total. The predicted octanol–water partition coefficient (Wildman–Crippen LogP) is 13.1. The number of benzene rings is 4. The zero-order valence-electron chi connectivity index (χ0n) is 59.1. The second-order valence-electron chi connectivity index (χ2n) is 25.3. The molecule has 484 valence electrons. The number of aromatic nitrogens is 15. The molecule has 15 nitrogen and oxygen atoms in total. The van der Waals surface area contributed by atoms with Gasteiger partial charge < -0.3 is 27.4 Å². The predicted molar refractivity (Wildman–Crippen MR) is 387 cm³/mol. The van der Waals surface area contributed by atoms with Crippen molar-refractivity contribution in [1.29, 1.82) is 0 Å². The maximum absolute atomic E-state index is 4.60. The lowest BCUT2D eigenvalue weighted by molar-refractivity contribution is -0.670. The van der Waals surface area contributed by atoms with E-state index in [-0.39, 0.29) is 0 Å². The summed E-state index contributed by atoms with van der Waals surface area (Å²) in [6, 6.07) is 52.9. The zero-order valence-corrected chi connectivity index (χ0v) is 59.1. The van der Waals surface area contributed by atoms with Gasteiger partial charge >= 0.3 is 0 Å².